The van der Waals surface area contributed by atoms with E-state index >= 15 is 0 Å². The first-order valence-electron chi connectivity index (χ1n) is 8.16. The second-order valence-electron chi connectivity index (χ2n) is 5.46. The van der Waals surface area contributed by atoms with Crippen LogP contribution in [0.1, 0.15) is 23.9 Å². The maximum atomic E-state index is 5.50. The fraction of sp³-hybridized carbons (Fsp3) is 0.263. The molecule has 25 heavy (non-hydrogen) atoms. The van der Waals surface area contributed by atoms with E-state index in [4.69, 9.17) is 17.0 Å². The SMILES string of the molecule is C=CCNC(=S)N/N=C/c1cc(C)n(-c2ccc(OCC)cc2)c1C. The molecule has 0 saturated heterocycles. The van der Waals surface area contributed by atoms with Gasteiger partial charge in [0.1, 0.15) is 5.75 Å². The molecule has 0 saturated carbocycles. The summed E-state index contributed by atoms with van der Waals surface area (Å²) in [5.74, 6) is 0.875. The number of nitrogens with one attached hydrogen (secondary N) is 2. The van der Waals surface area contributed by atoms with Crippen LogP contribution in [0.4, 0.5) is 0 Å². The summed E-state index contributed by atoms with van der Waals surface area (Å²) in [6, 6.07) is 10.2. The summed E-state index contributed by atoms with van der Waals surface area (Å²) in [6.07, 6.45) is 3.51. The number of nitrogens with zero attached hydrogens (tertiary/aromatic N) is 2. The van der Waals surface area contributed by atoms with E-state index in [1.54, 1.807) is 12.3 Å². The van der Waals surface area contributed by atoms with Gasteiger partial charge < -0.3 is 14.6 Å². The zero-order chi connectivity index (χ0) is 18.2. The summed E-state index contributed by atoms with van der Waals surface area (Å²) in [5, 5.41) is 7.63. The van der Waals surface area contributed by atoms with E-state index in [1.807, 2.05) is 19.1 Å². The molecule has 0 aliphatic heterocycles. The molecule has 2 aromatic rings. The van der Waals surface area contributed by atoms with Crippen LogP contribution in [-0.2, 0) is 0 Å². The molecular weight excluding hydrogens is 332 g/mol. The molecule has 132 valence electrons. The number of rotatable bonds is 7. The van der Waals surface area contributed by atoms with Crippen molar-refractivity contribution in [3.05, 3.63) is 59.9 Å². The van der Waals surface area contributed by atoms with Gasteiger partial charge in [-0.05, 0) is 63.3 Å². The van der Waals surface area contributed by atoms with Crippen LogP contribution in [0, 0.1) is 13.8 Å². The number of ether oxygens (including phenoxy) is 1. The highest BCUT2D eigenvalue weighted by molar-refractivity contribution is 7.80. The molecule has 0 bridgehead atoms. The van der Waals surface area contributed by atoms with Crippen molar-refractivity contribution in [2.75, 3.05) is 13.2 Å². The Kier molecular flexibility index (Phi) is 6.77. The molecule has 0 atom stereocenters. The van der Waals surface area contributed by atoms with Gasteiger partial charge in [0.05, 0.1) is 12.8 Å². The lowest BCUT2D eigenvalue weighted by Crippen LogP contribution is -2.31. The van der Waals surface area contributed by atoms with E-state index in [1.165, 1.54) is 0 Å². The van der Waals surface area contributed by atoms with Crippen LogP contribution in [0.25, 0.3) is 5.69 Å². The van der Waals surface area contributed by atoms with Crippen molar-refractivity contribution in [2.24, 2.45) is 5.10 Å². The first-order chi connectivity index (χ1) is 12.1. The molecule has 6 heteroatoms. The molecule has 1 heterocycles. The fourth-order valence-corrected chi connectivity index (χ4v) is 2.67. The average Bonchev–Trinajstić information content (AvgIpc) is 2.88. The maximum Gasteiger partial charge on any atom is 0.187 e. The Morgan fingerprint density at radius 2 is 2.04 bits per heavy atom. The maximum absolute atomic E-state index is 5.50. The highest BCUT2D eigenvalue weighted by atomic mass is 32.1. The molecule has 0 fully saturated rings. The second-order valence-corrected chi connectivity index (χ2v) is 5.87. The quantitative estimate of drug-likeness (QED) is 0.345. The molecule has 0 unspecified atom stereocenters. The van der Waals surface area contributed by atoms with Crippen LogP contribution < -0.4 is 15.5 Å². The minimum Gasteiger partial charge on any atom is -0.494 e. The van der Waals surface area contributed by atoms with E-state index in [0.717, 1.165) is 28.4 Å². The molecule has 0 radical (unpaired) electrons. The average molecular weight is 356 g/mol. The summed E-state index contributed by atoms with van der Waals surface area (Å²) in [6.45, 7) is 11.0. The number of hydrogen-bond acceptors (Lipinski definition) is 3. The van der Waals surface area contributed by atoms with Gasteiger partial charge in [0, 0.05) is 29.2 Å². The van der Waals surface area contributed by atoms with Gasteiger partial charge in [-0.15, -0.1) is 6.58 Å². The molecule has 5 nitrogen and oxygen atoms in total. The number of aryl methyl sites for hydroxylation is 1. The number of hydrogen-bond donors (Lipinski definition) is 2. The summed E-state index contributed by atoms with van der Waals surface area (Å²) in [7, 11) is 0. The lowest BCUT2D eigenvalue weighted by Gasteiger charge is -2.11. The van der Waals surface area contributed by atoms with Crippen LogP contribution in [0.15, 0.2) is 48.1 Å². The highest BCUT2D eigenvalue weighted by Crippen LogP contribution is 2.22. The molecule has 1 aromatic heterocycles. The monoisotopic (exact) mass is 356 g/mol. The number of aromatic nitrogens is 1. The molecule has 2 rings (SSSR count). The number of benzene rings is 1. The topological polar surface area (TPSA) is 50.6 Å². The van der Waals surface area contributed by atoms with Crippen molar-refractivity contribution in [3.8, 4) is 11.4 Å². The van der Waals surface area contributed by atoms with Crippen molar-refractivity contribution in [2.45, 2.75) is 20.8 Å². The Hall–Kier alpha value is -2.60. The lowest BCUT2D eigenvalue weighted by atomic mass is 10.2. The van der Waals surface area contributed by atoms with Gasteiger partial charge in [-0.3, -0.25) is 5.43 Å². The Balaban J connectivity index is 2.14. The third-order valence-electron chi connectivity index (χ3n) is 3.65. The van der Waals surface area contributed by atoms with Crippen molar-refractivity contribution >= 4 is 23.5 Å². The third-order valence-corrected chi connectivity index (χ3v) is 3.89. The number of hydrazone groups is 1. The zero-order valence-electron chi connectivity index (χ0n) is 14.9. The largest absolute Gasteiger partial charge is 0.494 e. The highest BCUT2D eigenvalue weighted by Gasteiger charge is 2.09. The summed E-state index contributed by atoms with van der Waals surface area (Å²) >= 11 is 5.11. The van der Waals surface area contributed by atoms with E-state index in [9.17, 15) is 0 Å². The van der Waals surface area contributed by atoms with E-state index in [2.05, 4.69) is 59.0 Å². The Bertz CT molecular complexity index is 762. The van der Waals surface area contributed by atoms with Gasteiger partial charge in [-0.25, -0.2) is 0 Å². The van der Waals surface area contributed by atoms with Gasteiger partial charge in [-0.2, -0.15) is 5.10 Å². The summed E-state index contributed by atoms with van der Waals surface area (Å²) in [4.78, 5) is 0. The predicted octanol–water partition coefficient (Wildman–Crippen LogP) is 3.48. The molecule has 0 aliphatic carbocycles. The number of thiocarbonyl (C=S) groups is 1. The van der Waals surface area contributed by atoms with Crippen LogP contribution in [0.3, 0.4) is 0 Å². The third kappa shape index (κ3) is 4.93. The molecule has 0 amide bonds. The van der Waals surface area contributed by atoms with Crippen molar-refractivity contribution in [3.63, 3.8) is 0 Å². The Morgan fingerprint density at radius 3 is 2.68 bits per heavy atom. The van der Waals surface area contributed by atoms with E-state index in [0.29, 0.717) is 18.3 Å². The standard InChI is InChI=1S/C19H24N4OS/c1-5-11-20-19(25)22-21-13-16-12-14(3)23(15(16)4)17-7-9-18(10-8-17)24-6-2/h5,7-10,12-13H,1,6,11H2,2-4H3,(H2,20,22,25)/b21-13+. The van der Waals surface area contributed by atoms with Crippen LogP contribution >= 0.6 is 12.2 Å². The minimum atomic E-state index is 0.469. The van der Waals surface area contributed by atoms with Gasteiger partial charge in [-0.1, -0.05) is 6.08 Å². The summed E-state index contributed by atoms with van der Waals surface area (Å²) in [5.41, 5.74) is 7.17. The smallest absolute Gasteiger partial charge is 0.187 e. The zero-order valence-corrected chi connectivity index (χ0v) is 15.7. The predicted molar refractivity (Wildman–Crippen MR) is 108 cm³/mol. The molecule has 0 aliphatic rings. The van der Waals surface area contributed by atoms with Crippen molar-refractivity contribution < 1.29 is 4.74 Å². The molecule has 2 N–H and O–H groups in total. The van der Waals surface area contributed by atoms with Crippen molar-refractivity contribution in [1.82, 2.24) is 15.3 Å². The molecular formula is C19H24N4OS. The van der Waals surface area contributed by atoms with E-state index in [-0.39, 0.29) is 0 Å². The Morgan fingerprint density at radius 1 is 1.32 bits per heavy atom. The first-order valence-corrected chi connectivity index (χ1v) is 8.57. The van der Waals surface area contributed by atoms with Gasteiger partial charge in [0.15, 0.2) is 5.11 Å². The Labute approximate surface area is 154 Å². The normalized spacial score (nSPS) is 10.7. The fourth-order valence-electron chi connectivity index (χ4n) is 2.54. The van der Waals surface area contributed by atoms with Gasteiger partial charge in [0.2, 0.25) is 0 Å². The van der Waals surface area contributed by atoms with Crippen molar-refractivity contribution in [1.29, 1.82) is 0 Å². The lowest BCUT2D eigenvalue weighted by molar-refractivity contribution is 0.340. The minimum absolute atomic E-state index is 0.469. The van der Waals surface area contributed by atoms with E-state index < -0.39 is 0 Å². The second kappa shape index (κ2) is 9.03. The molecule has 0 spiro atoms. The summed E-state index contributed by atoms with van der Waals surface area (Å²) < 4.78 is 7.69. The first kappa shape index (κ1) is 18.7. The van der Waals surface area contributed by atoms with Crippen LogP contribution in [-0.4, -0.2) is 29.0 Å². The molecule has 1 aromatic carbocycles. The van der Waals surface area contributed by atoms with Gasteiger partial charge >= 0.3 is 0 Å². The van der Waals surface area contributed by atoms with Crippen LogP contribution in [0.5, 0.6) is 5.75 Å². The van der Waals surface area contributed by atoms with Crippen LogP contribution in [0.2, 0.25) is 0 Å². The van der Waals surface area contributed by atoms with Gasteiger partial charge in [0.25, 0.3) is 0 Å².